The molecule has 2 rings (SSSR count). The first kappa shape index (κ1) is 13.5. The zero-order valence-corrected chi connectivity index (χ0v) is 12.2. The highest BCUT2D eigenvalue weighted by atomic mass is 32.1. The molecule has 0 spiro atoms. The van der Waals surface area contributed by atoms with E-state index in [4.69, 9.17) is 18.0 Å². The van der Waals surface area contributed by atoms with Crippen LogP contribution in [0.3, 0.4) is 0 Å². The van der Waals surface area contributed by atoms with Crippen molar-refractivity contribution in [3.05, 3.63) is 21.4 Å². The summed E-state index contributed by atoms with van der Waals surface area (Å²) in [7, 11) is 1.80. The minimum Gasteiger partial charge on any atom is -0.393 e. The summed E-state index contributed by atoms with van der Waals surface area (Å²) in [6.07, 6.45) is 5.33. The number of carbonyl (C=O) groups is 1. The quantitative estimate of drug-likeness (QED) is 0.863. The lowest BCUT2D eigenvalue weighted by atomic mass is 9.99. The van der Waals surface area contributed by atoms with Crippen LogP contribution in [0.15, 0.2) is 6.07 Å². The first-order chi connectivity index (χ1) is 8.58. The second kappa shape index (κ2) is 5.80. The van der Waals surface area contributed by atoms with E-state index in [-0.39, 0.29) is 5.91 Å². The lowest BCUT2D eigenvalue weighted by molar-refractivity contribution is 0.0803. The number of nitrogens with two attached hydrogens (primary N) is 1. The lowest BCUT2D eigenvalue weighted by Gasteiger charge is -2.15. The van der Waals surface area contributed by atoms with Crippen molar-refractivity contribution in [2.24, 2.45) is 5.73 Å². The SMILES string of the molecule is CN(CCC(N)=S)C(=O)c1cc2c(s1)CCCC2. The molecular weight excluding hydrogens is 264 g/mol. The maximum atomic E-state index is 12.2. The second-order valence-electron chi connectivity index (χ2n) is 4.71. The van der Waals surface area contributed by atoms with Crippen molar-refractivity contribution < 1.29 is 4.79 Å². The minimum atomic E-state index is 0.0886. The number of thiophene rings is 1. The van der Waals surface area contributed by atoms with Gasteiger partial charge in [0.25, 0.3) is 5.91 Å². The van der Waals surface area contributed by atoms with Crippen molar-refractivity contribution in [2.45, 2.75) is 32.1 Å². The van der Waals surface area contributed by atoms with Crippen molar-refractivity contribution in [1.29, 1.82) is 0 Å². The Bertz CT molecular complexity index is 444. The number of hydrogen-bond acceptors (Lipinski definition) is 3. The predicted octanol–water partition coefficient (Wildman–Crippen LogP) is 2.38. The number of amides is 1. The van der Waals surface area contributed by atoms with E-state index < -0.39 is 0 Å². The molecule has 0 saturated carbocycles. The summed E-state index contributed by atoms with van der Waals surface area (Å²) in [6, 6.07) is 2.07. The molecule has 0 fully saturated rings. The molecule has 0 bridgehead atoms. The smallest absolute Gasteiger partial charge is 0.263 e. The van der Waals surface area contributed by atoms with Gasteiger partial charge in [0.15, 0.2) is 0 Å². The van der Waals surface area contributed by atoms with Gasteiger partial charge in [0, 0.05) is 24.9 Å². The third kappa shape index (κ3) is 3.09. The largest absolute Gasteiger partial charge is 0.393 e. The summed E-state index contributed by atoms with van der Waals surface area (Å²) in [5.41, 5.74) is 6.83. The van der Waals surface area contributed by atoms with Crippen LogP contribution >= 0.6 is 23.6 Å². The summed E-state index contributed by atoms with van der Waals surface area (Å²) in [5.74, 6) is 0.0886. The van der Waals surface area contributed by atoms with E-state index >= 15 is 0 Å². The first-order valence-electron chi connectivity index (χ1n) is 6.23. The van der Waals surface area contributed by atoms with Gasteiger partial charge in [-0.25, -0.2) is 0 Å². The maximum Gasteiger partial charge on any atom is 0.263 e. The molecule has 2 N–H and O–H groups in total. The Kier molecular flexibility index (Phi) is 4.35. The van der Waals surface area contributed by atoms with E-state index in [1.165, 1.54) is 23.3 Å². The molecular formula is C13H18N2OS2. The van der Waals surface area contributed by atoms with Gasteiger partial charge < -0.3 is 10.6 Å². The van der Waals surface area contributed by atoms with Crippen LogP contribution in [0.4, 0.5) is 0 Å². The van der Waals surface area contributed by atoms with Gasteiger partial charge in [-0.3, -0.25) is 4.79 Å². The Balaban J connectivity index is 2.04. The van der Waals surface area contributed by atoms with E-state index in [2.05, 4.69) is 6.07 Å². The molecule has 1 aromatic heterocycles. The molecule has 0 saturated heterocycles. The van der Waals surface area contributed by atoms with Crippen LogP contribution in [0.5, 0.6) is 0 Å². The Labute approximate surface area is 117 Å². The monoisotopic (exact) mass is 282 g/mol. The summed E-state index contributed by atoms with van der Waals surface area (Å²) in [6.45, 7) is 0.594. The van der Waals surface area contributed by atoms with Crippen molar-refractivity contribution in [3.8, 4) is 0 Å². The molecule has 5 heteroatoms. The summed E-state index contributed by atoms with van der Waals surface area (Å²) in [4.78, 5) is 16.6. The van der Waals surface area contributed by atoms with Gasteiger partial charge in [-0.2, -0.15) is 0 Å². The molecule has 18 heavy (non-hydrogen) atoms. The van der Waals surface area contributed by atoms with Gasteiger partial charge >= 0.3 is 0 Å². The van der Waals surface area contributed by atoms with Crippen molar-refractivity contribution in [3.63, 3.8) is 0 Å². The van der Waals surface area contributed by atoms with Gasteiger partial charge in [0.2, 0.25) is 0 Å². The number of carbonyl (C=O) groups excluding carboxylic acids is 1. The molecule has 0 aliphatic heterocycles. The van der Waals surface area contributed by atoms with Crippen LogP contribution < -0.4 is 5.73 Å². The molecule has 3 nitrogen and oxygen atoms in total. The molecule has 1 heterocycles. The Hall–Kier alpha value is -0.940. The molecule has 0 aromatic carbocycles. The maximum absolute atomic E-state index is 12.2. The van der Waals surface area contributed by atoms with Crippen LogP contribution in [0.2, 0.25) is 0 Å². The topological polar surface area (TPSA) is 46.3 Å². The van der Waals surface area contributed by atoms with Gasteiger partial charge in [-0.15, -0.1) is 11.3 Å². The van der Waals surface area contributed by atoms with Gasteiger partial charge in [-0.1, -0.05) is 12.2 Å². The lowest BCUT2D eigenvalue weighted by Crippen LogP contribution is -2.29. The first-order valence-corrected chi connectivity index (χ1v) is 7.45. The van der Waals surface area contributed by atoms with E-state index in [0.717, 1.165) is 17.7 Å². The fourth-order valence-corrected chi connectivity index (χ4v) is 3.50. The van der Waals surface area contributed by atoms with E-state index in [1.54, 1.807) is 23.3 Å². The number of aryl methyl sites for hydroxylation is 2. The summed E-state index contributed by atoms with van der Waals surface area (Å²) in [5, 5.41) is 0. The van der Waals surface area contributed by atoms with Crippen LogP contribution in [-0.4, -0.2) is 29.4 Å². The van der Waals surface area contributed by atoms with Crippen LogP contribution in [0, 0.1) is 0 Å². The molecule has 1 amide bonds. The molecule has 1 aromatic rings. The highest BCUT2D eigenvalue weighted by Gasteiger charge is 2.19. The molecule has 1 aliphatic carbocycles. The fraction of sp³-hybridized carbons (Fsp3) is 0.538. The van der Waals surface area contributed by atoms with Crippen molar-refractivity contribution in [2.75, 3.05) is 13.6 Å². The number of rotatable bonds is 4. The number of fused-ring (bicyclic) bond motifs is 1. The van der Waals surface area contributed by atoms with Crippen LogP contribution in [0.1, 0.15) is 39.4 Å². The number of thiocarbonyl (C=S) groups is 1. The zero-order valence-electron chi connectivity index (χ0n) is 10.6. The summed E-state index contributed by atoms with van der Waals surface area (Å²) < 4.78 is 0. The highest BCUT2D eigenvalue weighted by molar-refractivity contribution is 7.80. The minimum absolute atomic E-state index is 0.0886. The standard InChI is InChI=1S/C13H18N2OS2/c1-15(7-6-12(14)17)13(16)11-8-9-4-2-3-5-10(9)18-11/h8H,2-7H2,1H3,(H2,14,17). The average molecular weight is 282 g/mol. The summed E-state index contributed by atoms with van der Waals surface area (Å²) >= 11 is 6.48. The normalized spacial score (nSPS) is 14.1. The van der Waals surface area contributed by atoms with E-state index in [0.29, 0.717) is 18.0 Å². The molecule has 0 radical (unpaired) electrons. The third-order valence-corrected chi connectivity index (χ3v) is 4.68. The molecule has 0 atom stereocenters. The third-order valence-electron chi connectivity index (χ3n) is 3.25. The Morgan fingerprint density at radius 3 is 2.89 bits per heavy atom. The number of nitrogens with zero attached hydrogens (tertiary/aromatic N) is 1. The average Bonchev–Trinajstić information content (AvgIpc) is 2.78. The molecule has 0 unspecified atom stereocenters. The van der Waals surface area contributed by atoms with Gasteiger partial charge in [0.05, 0.1) is 9.87 Å². The fourth-order valence-electron chi connectivity index (χ4n) is 2.16. The van der Waals surface area contributed by atoms with Gasteiger partial charge in [-0.05, 0) is 37.3 Å². The van der Waals surface area contributed by atoms with E-state index in [1.807, 2.05) is 0 Å². The second-order valence-corrected chi connectivity index (χ2v) is 6.37. The predicted molar refractivity (Wildman–Crippen MR) is 79.3 cm³/mol. The van der Waals surface area contributed by atoms with Crippen molar-refractivity contribution >= 4 is 34.5 Å². The molecule has 98 valence electrons. The highest BCUT2D eigenvalue weighted by Crippen LogP contribution is 2.30. The number of hydrogen-bond donors (Lipinski definition) is 1. The van der Waals surface area contributed by atoms with E-state index in [9.17, 15) is 4.79 Å². The van der Waals surface area contributed by atoms with Gasteiger partial charge in [0.1, 0.15) is 0 Å². The zero-order chi connectivity index (χ0) is 13.1. The van der Waals surface area contributed by atoms with Crippen molar-refractivity contribution in [1.82, 2.24) is 4.90 Å². The molecule has 1 aliphatic rings. The Morgan fingerprint density at radius 2 is 2.22 bits per heavy atom. The van der Waals surface area contributed by atoms with Crippen LogP contribution in [-0.2, 0) is 12.8 Å². The Morgan fingerprint density at radius 1 is 1.50 bits per heavy atom. The van der Waals surface area contributed by atoms with Crippen LogP contribution in [0.25, 0.3) is 0 Å².